The third-order valence-electron chi connectivity index (χ3n) is 4.42. The molecule has 0 atom stereocenters. The summed E-state index contributed by atoms with van der Waals surface area (Å²) in [5.74, 6) is -1.02. The molecule has 0 bridgehead atoms. The van der Waals surface area contributed by atoms with Gasteiger partial charge in [0.05, 0.1) is 22.5 Å². The lowest BCUT2D eigenvalue weighted by atomic mass is 10.2. The first-order valence-electron chi connectivity index (χ1n) is 9.66. The number of nitrogens with zero attached hydrogens (tertiary/aromatic N) is 1. The first-order chi connectivity index (χ1) is 16.2. The van der Waals surface area contributed by atoms with Crippen LogP contribution in [0.5, 0.6) is 5.75 Å². The third kappa shape index (κ3) is 6.29. The van der Waals surface area contributed by atoms with Crippen molar-refractivity contribution in [3.8, 4) is 5.75 Å². The van der Waals surface area contributed by atoms with E-state index in [2.05, 4.69) is 10.0 Å². The van der Waals surface area contributed by atoms with Gasteiger partial charge in [-0.05, 0) is 54.6 Å². The Hall–Kier alpha value is -4.45. The number of nitrogens with one attached hydrogen (secondary N) is 2. The van der Waals surface area contributed by atoms with Gasteiger partial charge in [0, 0.05) is 23.5 Å². The Morgan fingerprint density at radius 3 is 2.24 bits per heavy atom. The molecular formula is C22H19N3O8S. The number of hydrogen-bond donors (Lipinski definition) is 2. The van der Waals surface area contributed by atoms with Crippen LogP contribution in [0, 0.1) is 10.1 Å². The number of carbonyl (C=O) groups is 2. The molecule has 0 unspecified atom stereocenters. The molecule has 1 amide bonds. The van der Waals surface area contributed by atoms with Crippen LogP contribution in [0.3, 0.4) is 0 Å². The van der Waals surface area contributed by atoms with Crippen molar-refractivity contribution in [2.45, 2.75) is 4.90 Å². The van der Waals surface area contributed by atoms with Gasteiger partial charge in [-0.3, -0.25) is 19.6 Å². The molecule has 0 heterocycles. The molecule has 3 rings (SSSR count). The molecule has 176 valence electrons. The summed E-state index contributed by atoms with van der Waals surface area (Å²) in [5, 5.41) is 13.1. The maximum Gasteiger partial charge on any atom is 0.338 e. The molecule has 0 saturated carbocycles. The molecule has 0 aliphatic carbocycles. The highest BCUT2D eigenvalue weighted by Crippen LogP contribution is 2.20. The standard InChI is InChI=1S/C22H19N3O8S/c1-32-19-11-7-17(8-12-19)24-34(30,31)20-4-2-3-15(13-20)22(27)33-14-21(26)23-16-5-9-18(10-6-16)25(28)29/h2-13,24H,14H2,1H3,(H,23,26). The summed E-state index contributed by atoms with van der Waals surface area (Å²) in [6.07, 6.45) is 0. The molecule has 0 radical (unpaired) electrons. The summed E-state index contributed by atoms with van der Waals surface area (Å²) in [5.41, 5.74) is 0.377. The maximum atomic E-state index is 12.7. The molecular weight excluding hydrogens is 466 g/mol. The molecule has 0 spiro atoms. The fraction of sp³-hybridized carbons (Fsp3) is 0.0909. The summed E-state index contributed by atoms with van der Waals surface area (Å²) in [6, 6.07) is 16.5. The monoisotopic (exact) mass is 485 g/mol. The Kier molecular flexibility index (Phi) is 7.43. The number of rotatable bonds is 9. The number of non-ortho nitro benzene ring substituents is 1. The van der Waals surface area contributed by atoms with Gasteiger partial charge in [-0.25, -0.2) is 13.2 Å². The minimum absolute atomic E-state index is 0.0688. The quantitative estimate of drug-likeness (QED) is 0.266. The van der Waals surface area contributed by atoms with Gasteiger partial charge in [0.2, 0.25) is 0 Å². The predicted molar refractivity (Wildman–Crippen MR) is 122 cm³/mol. The minimum Gasteiger partial charge on any atom is -0.497 e. The number of nitro benzene ring substituents is 1. The van der Waals surface area contributed by atoms with Gasteiger partial charge in [0.15, 0.2) is 6.61 Å². The number of anilines is 2. The average molecular weight is 485 g/mol. The molecule has 11 nitrogen and oxygen atoms in total. The Labute approximate surface area is 194 Å². The van der Waals surface area contributed by atoms with Gasteiger partial charge in [0.25, 0.3) is 21.6 Å². The van der Waals surface area contributed by atoms with E-state index in [0.717, 1.165) is 6.07 Å². The van der Waals surface area contributed by atoms with Crippen molar-refractivity contribution >= 4 is 39.0 Å². The van der Waals surface area contributed by atoms with Crippen molar-refractivity contribution in [2.24, 2.45) is 0 Å². The SMILES string of the molecule is COc1ccc(NS(=O)(=O)c2cccc(C(=O)OCC(=O)Nc3ccc([N+](=O)[O-])cc3)c2)cc1. The summed E-state index contributed by atoms with van der Waals surface area (Å²) >= 11 is 0. The molecule has 2 N–H and O–H groups in total. The fourth-order valence-electron chi connectivity index (χ4n) is 2.74. The van der Waals surface area contributed by atoms with E-state index in [9.17, 15) is 28.1 Å². The number of methoxy groups -OCH3 is 1. The number of benzene rings is 3. The highest BCUT2D eigenvalue weighted by molar-refractivity contribution is 7.92. The van der Waals surface area contributed by atoms with Crippen LogP contribution in [0.25, 0.3) is 0 Å². The topological polar surface area (TPSA) is 154 Å². The number of carbonyl (C=O) groups excluding carboxylic acids is 2. The first-order valence-corrected chi connectivity index (χ1v) is 11.1. The largest absolute Gasteiger partial charge is 0.497 e. The van der Waals surface area contributed by atoms with E-state index in [-0.39, 0.29) is 21.8 Å². The molecule has 0 fully saturated rings. The van der Waals surface area contributed by atoms with Crippen molar-refractivity contribution in [3.05, 3.63) is 88.5 Å². The zero-order valence-corrected chi connectivity index (χ0v) is 18.6. The normalized spacial score (nSPS) is 10.7. The van der Waals surface area contributed by atoms with E-state index in [0.29, 0.717) is 11.4 Å². The second-order valence-corrected chi connectivity index (χ2v) is 8.47. The number of amides is 1. The van der Waals surface area contributed by atoms with Gasteiger partial charge < -0.3 is 14.8 Å². The zero-order valence-electron chi connectivity index (χ0n) is 17.8. The second-order valence-electron chi connectivity index (χ2n) is 6.79. The molecule has 34 heavy (non-hydrogen) atoms. The molecule has 3 aromatic rings. The summed E-state index contributed by atoms with van der Waals surface area (Å²) in [6.45, 7) is -0.642. The van der Waals surface area contributed by atoms with Crippen molar-refractivity contribution in [1.29, 1.82) is 0 Å². The van der Waals surface area contributed by atoms with E-state index < -0.39 is 33.4 Å². The van der Waals surface area contributed by atoms with E-state index in [1.165, 1.54) is 61.7 Å². The summed E-state index contributed by atoms with van der Waals surface area (Å²) in [7, 11) is -2.51. The molecule has 3 aromatic carbocycles. The highest BCUT2D eigenvalue weighted by Gasteiger charge is 2.18. The fourth-order valence-corrected chi connectivity index (χ4v) is 3.85. The lowest BCUT2D eigenvalue weighted by Crippen LogP contribution is -2.21. The van der Waals surface area contributed by atoms with Crippen LogP contribution in [0.15, 0.2) is 77.7 Å². The van der Waals surface area contributed by atoms with Gasteiger partial charge in [0.1, 0.15) is 5.75 Å². The lowest BCUT2D eigenvalue weighted by Gasteiger charge is -2.10. The lowest BCUT2D eigenvalue weighted by molar-refractivity contribution is -0.384. The van der Waals surface area contributed by atoms with E-state index in [4.69, 9.17) is 9.47 Å². The van der Waals surface area contributed by atoms with E-state index in [1.54, 1.807) is 12.1 Å². The van der Waals surface area contributed by atoms with Gasteiger partial charge >= 0.3 is 5.97 Å². The van der Waals surface area contributed by atoms with Crippen LogP contribution in [-0.2, 0) is 19.6 Å². The van der Waals surface area contributed by atoms with Crippen molar-refractivity contribution in [2.75, 3.05) is 23.8 Å². The Morgan fingerprint density at radius 2 is 1.62 bits per heavy atom. The van der Waals surface area contributed by atoms with Crippen molar-refractivity contribution in [1.82, 2.24) is 0 Å². The van der Waals surface area contributed by atoms with Gasteiger partial charge in [-0.2, -0.15) is 0 Å². The van der Waals surface area contributed by atoms with E-state index >= 15 is 0 Å². The van der Waals surface area contributed by atoms with Crippen LogP contribution < -0.4 is 14.8 Å². The zero-order chi connectivity index (χ0) is 24.7. The van der Waals surface area contributed by atoms with Crippen molar-refractivity contribution in [3.63, 3.8) is 0 Å². The molecule has 0 aliphatic heterocycles. The number of hydrogen-bond acceptors (Lipinski definition) is 8. The maximum absolute atomic E-state index is 12.7. The van der Waals surface area contributed by atoms with Gasteiger partial charge in [-0.15, -0.1) is 0 Å². The number of sulfonamides is 1. The average Bonchev–Trinajstić information content (AvgIpc) is 2.83. The Balaban J connectivity index is 1.61. The molecule has 0 aromatic heterocycles. The Morgan fingerprint density at radius 1 is 0.971 bits per heavy atom. The highest BCUT2D eigenvalue weighted by atomic mass is 32.2. The van der Waals surface area contributed by atoms with Crippen LogP contribution >= 0.6 is 0 Å². The van der Waals surface area contributed by atoms with Crippen LogP contribution in [0.4, 0.5) is 17.1 Å². The minimum atomic E-state index is -4.00. The van der Waals surface area contributed by atoms with E-state index in [1.807, 2.05) is 0 Å². The summed E-state index contributed by atoms with van der Waals surface area (Å²) < 4.78 is 37.7. The second kappa shape index (κ2) is 10.4. The van der Waals surface area contributed by atoms with Crippen LogP contribution in [0.2, 0.25) is 0 Å². The number of esters is 1. The Bertz CT molecular complexity index is 1310. The van der Waals surface area contributed by atoms with Crippen LogP contribution in [-0.4, -0.2) is 38.9 Å². The number of ether oxygens (including phenoxy) is 2. The first kappa shape index (κ1) is 24.2. The number of nitro groups is 1. The third-order valence-corrected chi connectivity index (χ3v) is 5.80. The van der Waals surface area contributed by atoms with Crippen LogP contribution in [0.1, 0.15) is 10.4 Å². The van der Waals surface area contributed by atoms with Gasteiger partial charge in [-0.1, -0.05) is 6.07 Å². The predicted octanol–water partition coefficient (Wildman–Crippen LogP) is 3.20. The molecule has 0 aliphatic rings. The summed E-state index contributed by atoms with van der Waals surface area (Å²) in [4.78, 5) is 34.2. The molecule has 12 heteroatoms. The van der Waals surface area contributed by atoms with Crippen molar-refractivity contribution < 1.29 is 32.4 Å². The smallest absolute Gasteiger partial charge is 0.338 e. The molecule has 0 saturated heterocycles.